The Balaban J connectivity index is 2.34. The van der Waals surface area contributed by atoms with Crippen LogP contribution in [0.1, 0.15) is 19.3 Å². The number of hydrogen-bond donors (Lipinski definition) is 0. The molecule has 0 aromatic heterocycles. The van der Waals surface area contributed by atoms with E-state index >= 15 is 0 Å². The lowest BCUT2D eigenvalue weighted by molar-refractivity contribution is -0.138. The summed E-state index contributed by atoms with van der Waals surface area (Å²) >= 11 is 0. The van der Waals surface area contributed by atoms with E-state index in [0.29, 0.717) is 19.6 Å². The van der Waals surface area contributed by atoms with Gasteiger partial charge in [0.1, 0.15) is 19.8 Å². The van der Waals surface area contributed by atoms with Crippen molar-refractivity contribution in [3.8, 4) is 0 Å². The molecule has 8 heteroatoms. The second-order valence-electron chi connectivity index (χ2n) is 5.75. The Bertz CT molecular complexity index is 462. The minimum Gasteiger partial charge on any atom is -0.461 e. The molecule has 0 bridgehead atoms. The monoisotopic (exact) mass is 368 g/mol. The molecular weight excluding hydrogens is 340 g/mol. The average molecular weight is 368 g/mol. The Morgan fingerprint density at radius 1 is 0.808 bits per heavy atom. The summed E-state index contributed by atoms with van der Waals surface area (Å²) in [6, 6.07) is 0. The normalized spacial score (nSPS) is 13.8. The van der Waals surface area contributed by atoms with Crippen molar-refractivity contribution in [3.63, 3.8) is 0 Å². The number of ether oxygens (including phenoxy) is 3. The van der Waals surface area contributed by atoms with Gasteiger partial charge in [-0.2, -0.15) is 0 Å². The van der Waals surface area contributed by atoms with Crippen molar-refractivity contribution >= 4 is 18.0 Å². The lowest BCUT2D eigenvalue weighted by Crippen LogP contribution is -2.39. The van der Waals surface area contributed by atoms with Gasteiger partial charge in [0.05, 0.1) is 0 Å². The zero-order chi connectivity index (χ0) is 19.2. The molecule has 8 nitrogen and oxygen atoms in total. The molecule has 0 aliphatic carbocycles. The Morgan fingerprint density at radius 3 is 1.73 bits per heavy atom. The maximum absolute atomic E-state index is 12.0. The van der Waals surface area contributed by atoms with E-state index in [1.807, 2.05) is 4.90 Å². The van der Waals surface area contributed by atoms with Gasteiger partial charge in [-0.25, -0.2) is 14.4 Å². The highest BCUT2D eigenvalue weighted by atomic mass is 16.6. The lowest BCUT2D eigenvalue weighted by atomic mass is 10.1. The van der Waals surface area contributed by atoms with Gasteiger partial charge in [-0.3, -0.25) is 4.90 Å². The number of piperidine rings is 1. The van der Waals surface area contributed by atoms with Crippen molar-refractivity contribution in [1.29, 1.82) is 0 Å². The smallest absolute Gasteiger partial charge is 0.409 e. The third-order valence-corrected chi connectivity index (χ3v) is 3.88. The number of esters is 2. The van der Waals surface area contributed by atoms with E-state index in [4.69, 9.17) is 14.2 Å². The van der Waals surface area contributed by atoms with Crippen LogP contribution in [-0.4, -0.2) is 80.4 Å². The molecule has 0 aromatic carbocycles. The molecule has 1 saturated heterocycles. The summed E-state index contributed by atoms with van der Waals surface area (Å²) in [5.74, 6) is -1.00. The molecule has 1 aliphatic rings. The van der Waals surface area contributed by atoms with E-state index in [9.17, 15) is 14.4 Å². The first-order valence-electron chi connectivity index (χ1n) is 8.79. The van der Waals surface area contributed by atoms with Gasteiger partial charge < -0.3 is 19.1 Å². The third kappa shape index (κ3) is 9.22. The Labute approximate surface area is 154 Å². The van der Waals surface area contributed by atoms with Crippen molar-refractivity contribution in [1.82, 2.24) is 9.80 Å². The number of carbonyl (C=O) groups is 3. The second-order valence-corrected chi connectivity index (χ2v) is 5.75. The number of rotatable bonds is 11. The SMILES string of the molecule is C=CC(=O)OCCN(CCOC(=O)C=C)CCOC(=O)N1CCCCC1. The van der Waals surface area contributed by atoms with Crippen LogP contribution in [0, 0.1) is 0 Å². The van der Waals surface area contributed by atoms with Gasteiger partial charge in [0.15, 0.2) is 0 Å². The van der Waals surface area contributed by atoms with Gasteiger partial charge in [0.2, 0.25) is 0 Å². The van der Waals surface area contributed by atoms with Crippen LogP contribution in [0.25, 0.3) is 0 Å². The highest BCUT2D eigenvalue weighted by Crippen LogP contribution is 2.09. The van der Waals surface area contributed by atoms with E-state index in [-0.39, 0.29) is 25.9 Å². The van der Waals surface area contributed by atoms with Crippen LogP contribution in [0.2, 0.25) is 0 Å². The van der Waals surface area contributed by atoms with Gasteiger partial charge in [-0.15, -0.1) is 0 Å². The molecule has 1 amide bonds. The van der Waals surface area contributed by atoms with Crippen LogP contribution in [0.4, 0.5) is 4.79 Å². The zero-order valence-electron chi connectivity index (χ0n) is 15.2. The molecule has 0 aromatic rings. The first kappa shape index (κ1) is 21.7. The Morgan fingerprint density at radius 2 is 1.27 bits per heavy atom. The van der Waals surface area contributed by atoms with Crippen LogP contribution in [0.3, 0.4) is 0 Å². The minimum atomic E-state index is -0.500. The molecule has 1 fully saturated rings. The van der Waals surface area contributed by atoms with Crippen molar-refractivity contribution in [2.75, 3.05) is 52.5 Å². The van der Waals surface area contributed by atoms with Crippen LogP contribution in [0.5, 0.6) is 0 Å². The van der Waals surface area contributed by atoms with Crippen molar-refractivity contribution in [2.45, 2.75) is 19.3 Å². The predicted octanol–water partition coefficient (Wildman–Crippen LogP) is 1.37. The van der Waals surface area contributed by atoms with Crippen LogP contribution in [-0.2, 0) is 23.8 Å². The number of likely N-dealkylation sites (tertiary alicyclic amines) is 1. The fourth-order valence-electron chi connectivity index (χ4n) is 2.43. The Hall–Kier alpha value is -2.35. The molecule has 26 heavy (non-hydrogen) atoms. The van der Waals surface area contributed by atoms with Gasteiger partial charge in [0.25, 0.3) is 0 Å². The maximum atomic E-state index is 12.0. The van der Waals surface area contributed by atoms with Crippen LogP contribution >= 0.6 is 0 Å². The summed E-state index contributed by atoms with van der Waals surface area (Å²) in [6.45, 7) is 9.96. The fraction of sp³-hybridized carbons (Fsp3) is 0.611. The van der Waals surface area contributed by atoms with Crippen molar-refractivity contribution in [2.24, 2.45) is 0 Å². The molecule has 1 aliphatic heterocycles. The first-order chi connectivity index (χ1) is 12.6. The second kappa shape index (κ2) is 12.9. The van der Waals surface area contributed by atoms with E-state index < -0.39 is 11.9 Å². The van der Waals surface area contributed by atoms with E-state index in [0.717, 1.165) is 44.5 Å². The summed E-state index contributed by atoms with van der Waals surface area (Å²) in [5.41, 5.74) is 0. The van der Waals surface area contributed by atoms with Crippen molar-refractivity contribution < 1.29 is 28.6 Å². The molecule has 0 atom stereocenters. The molecule has 0 N–H and O–H groups in total. The third-order valence-electron chi connectivity index (χ3n) is 3.88. The Kier molecular flexibility index (Phi) is 10.8. The van der Waals surface area contributed by atoms with E-state index in [1.54, 1.807) is 4.90 Å². The average Bonchev–Trinajstić information content (AvgIpc) is 2.67. The summed E-state index contributed by atoms with van der Waals surface area (Å²) < 4.78 is 15.2. The van der Waals surface area contributed by atoms with Crippen LogP contribution < -0.4 is 0 Å². The number of amides is 1. The maximum Gasteiger partial charge on any atom is 0.409 e. The predicted molar refractivity (Wildman–Crippen MR) is 95.5 cm³/mol. The highest BCUT2D eigenvalue weighted by Gasteiger charge is 2.18. The van der Waals surface area contributed by atoms with Gasteiger partial charge in [-0.05, 0) is 19.3 Å². The minimum absolute atomic E-state index is 0.167. The van der Waals surface area contributed by atoms with Gasteiger partial charge >= 0.3 is 18.0 Å². The standard InChI is InChI=1S/C18H28N2O6/c1-3-16(21)24-13-10-19(11-14-25-17(22)4-2)12-15-26-18(23)20-8-6-5-7-9-20/h3-4H,1-2,5-15H2. The fourth-order valence-corrected chi connectivity index (χ4v) is 2.43. The zero-order valence-corrected chi connectivity index (χ0v) is 15.2. The van der Waals surface area contributed by atoms with Gasteiger partial charge in [-0.1, -0.05) is 13.2 Å². The largest absolute Gasteiger partial charge is 0.461 e. The van der Waals surface area contributed by atoms with Crippen molar-refractivity contribution in [3.05, 3.63) is 25.3 Å². The van der Waals surface area contributed by atoms with E-state index in [2.05, 4.69) is 13.2 Å². The molecule has 0 radical (unpaired) electrons. The molecule has 0 saturated carbocycles. The number of hydrogen-bond acceptors (Lipinski definition) is 7. The molecule has 146 valence electrons. The summed E-state index contributed by atoms with van der Waals surface area (Å²) in [5, 5.41) is 0. The van der Waals surface area contributed by atoms with E-state index in [1.165, 1.54) is 0 Å². The van der Waals surface area contributed by atoms with Gasteiger partial charge in [0, 0.05) is 44.9 Å². The number of carbonyl (C=O) groups excluding carboxylic acids is 3. The highest BCUT2D eigenvalue weighted by molar-refractivity contribution is 5.81. The summed E-state index contributed by atoms with van der Waals surface area (Å²) in [7, 11) is 0. The topological polar surface area (TPSA) is 85.4 Å². The molecule has 0 spiro atoms. The first-order valence-corrected chi connectivity index (χ1v) is 8.79. The molecule has 1 heterocycles. The van der Waals surface area contributed by atoms with Crippen LogP contribution in [0.15, 0.2) is 25.3 Å². The quantitative estimate of drug-likeness (QED) is 0.309. The summed E-state index contributed by atoms with van der Waals surface area (Å²) in [4.78, 5) is 37.8. The summed E-state index contributed by atoms with van der Waals surface area (Å²) in [6.07, 6.45) is 5.04. The number of nitrogens with zero attached hydrogens (tertiary/aromatic N) is 2. The molecule has 1 rings (SSSR count). The molecule has 0 unspecified atom stereocenters. The lowest BCUT2D eigenvalue weighted by Gasteiger charge is -2.27. The molecular formula is C18H28N2O6.